The maximum atomic E-state index is 15.1. The standard InChI is InChI=1S/C22H33ClFN3O4/c1-7-13(3)25-18-15(20(28)30-8-2)11-16(24)19(17(18)23)27-10-9-14(12-27)26-21(29)31-22(4,5)6/h11,13-14,25H,7-10,12H2,1-6H3,(H,26,29)/t13-,14-/m0/s1. The van der Waals surface area contributed by atoms with E-state index in [-0.39, 0.29) is 35.0 Å². The minimum absolute atomic E-state index is 0.0177. The number of ether oxygens (including phenoxy) is 2. The number of nitrogens with zero attached hydrogens (tertiary/aromatic N) is 1. The number of alkyl carbamates (subject to hydrolysis) is 1. The summed E-state index contributed by atoms with van der Waals surface area (Å²) in [6.45, 7) is 12.0. The fourth-order valence-electron chi connectivity index (χ4n) is 3.31. The fourth-order valence-corrected chi connectivity index (χ4v) is 3.68. The number of esters is 1. The zero-order chi connectivity index (χ0) is 23.3. The first-order valence-corrected chi connectivity index (χ1v) is 11.0. The number of nitrogens with one attached hydrogen (secondary N) is 2. The van der Waals surface area contributed by atoms with Crippen LogP contribution in [0.2, 0.25) is 5.02 Å². The maximum Gasteiger partial charge on any atom is 0.407 e. The van der Waals surface area contributed by atoms with E-state index in [2.05, 4.69) is 10.6 Å². The summed E-state index contributed by atoms with van der Waals surface area (Å²) in [4.78, 5) is 26.2. The van der Waals surface area contributed by atoms with Gasteiger partial charge in [-0.1, -0.05) is 18.5 Å². The van der Waals surface area contributed by atoms with Gasteiger partial charge in [0.15, 0.2) is 0 Å². The van der Waals surface area contributed by atoms with E-state index in [0.717, 1.165) is 6.42 Å². The molecule has 1 aromatic rings. The Morgan fingerprint density at radius 2 is 2.03 bits per heavy atom. The molecule has 0 radical (unpaired) electrons. The Morgan fingerprint density at radius 3 is 2.61 bits per heavy atom. The van der Waals surface area contributed by atoms with Crippen molar-refractivity contribution in [3.05, 3.63) is 22.5 Å². The van der Waals surface area contributed by atoms with Crippen molar-refractivity contribution in [2.45, 2.75) is 72.1 Å². The topological polar surface area (TPSA) is 79.9 Å². The molecule has 2 N–H and O–H groups in total. The van der Waals surface area contributed by atoms with Gasteiger partial charge >= 0.3 is 12.1 Å². The molecule has 1 fully saturated rings. The molecule has 1 saturated heterocycles. The third kappa shape index (κ3) is 6.63. The average molecular weight is 458 g/mol. The summed E-state index contributed by atoms with van der Waals surface area (Å²) in [5.41, 5.74) is 0.0246. The Kier molecular flexibility index (Phi) is 8.40. The molecule has 1 aliphatic rings. The Bertz CT molecular complexity index is 813. The summed E-state index contributed by atoms with van der Waals surface area (Å²) in [7, 11) is 0. The van der Waals surface area contributed by atoms with Gasteiger partial charge in [-0.25, -0.2) is 14.0 Å². The van der Waals surface area contributed by atoms with Crippen LogP contribution in [0.15, 0.2) is 6.07 Å². The first-order valence-electron chi connectivity index (χ1n) is 10.7. The first-order chi connectivity index (χ1) is 14.5. The average Bonchev–Trinajstić information content (AvgIpc) is 3.09. The molecule has 0 aliphatic carbocycles. The highest BCUT2D eigenvalue weighted by atomic mass is 35.5. The van der Waals surface area contributed by atoms with Gasteiger partial charge in [-0.05, 0) is 53.5 Å². The summed E-state index contributed by atoms with van der Waals surface area (Å²) in [6, 6.07) is 0.976. The number of amides is 1. The summed E-state index contributed by atoms with van der Waals surface area (Å²) < 4.78 is 25.5. The van der Waals surface area contributed by atoms with E-state index in [1.54, 1.807) is 32.6 Å². The largest absolute Gasteiger partial charge is 0.462 e. The van der Waals surface area contributed by atoms with Crippen LogP contribution in [0.1, 0.15) is 64.7 Å². The number of halogens is 2. The van der Waals surface area contributed by atoms with Crippen molar-refractivity contribution >= 4 is 35.0 Å². The van der Waals surface area contributed by atoms with E-state index in [1.807, 2.05) is 13.8 Å². The zero-order valence-electron chi connectivity index (χ0n) is 19.1. The molecule has 0 spiro atoms. The van der Waals surface area contributed by atoms with Gasteiger partial charge in [0.25, 0.3) is 0 Å². The highest BCUT2D eigenvalue weighted by Gasteiger charge is 2.31. The van der Waals surface area contributed by atoms with Gasteiger partial charge in [0.05, 0.1) is 34.6 Å². The molecule has 2 rings (SSSR count). The Labute approximate surface area is 188 Å². The maximum absolute atomic E-state index is 15.1. The van der Waals surface area contributed by atoms with Crippen molar-refractivity contribution in [1.29, 1.82) is 0 Å². The summed E-state index contributed by atoms with van der Waals surface area (Å²) in [5, 5.41) is 6.16. The van der Waals surface area contributed by atoms with E-state index in [4.69, 9.17) is 21.1 Å². The number of hydrogen-bond acceptors (Lipinski definition) is 6. The fraction of sp³-hybridized carbons (Fsp3) is 0.636. The van der Waals surface area contributed by atoms with Gasteiger partial charge in [0, 0.05) is 19.1 Å². The van der Waals surface area contributed by atoms with Gasteiger partial charge in [0.1, 0.15) is 11.4 Å². The van der Waals surface area contributed by atoms with Gasteiger partial charge in [-0.3, -0.25) is 0 Å². The molecule has 174 valence electrons. The molecule has 1 aromatic carbocycles. The molecule has 0 unspecified atom stereocenters. The molecule has 31 heavy (non-hydrogen) atoms. The second-order valence-electron chi connectivity index (χ2n) is 8.70. The van der Waals surface area contributed by atoms with Crippen LogP contribution >= 0.6 is 11.6 Å². The Balaban J connectivity index is 2.29. The van der Waals surface area contributed by atoms with E-state index in [1.165, 1.54) is 6.07 Å². The van der Waals surface area contributed by atoms with E-state index in [9.17, 15) is 9.59 Å². The monoisotopic (exact) mass is 457 g/mol. The van der Waals surface area contributed by atoms with Crippen molar-refractivity contribution in [3.8, 4) is 0 Å². The highest BCUT2D eigenvalue weighted by molar-refractivity contribution is 6.37. The number of carbonyl (C=O) groups excluding carboxylic acids is 2. The van der Waals surface area contributed by atoms with Gasteiger partial charge in [0.2, 0.25) is 0 Å². The lowest BCUT2D eigenvalue weighted by atomic mass is 10.1. The van der Waals surface area contributed by atoms with E-state index in [0.29, 0.717) is 25.2 Å². The third-order valence-electron chi connectivity index (χ3n) is 4.92. The van der Waals surface area contributed by atoms with Crippen LogP contribution in [-0.2, 0) is 9.47 Å². The van der Waals surface area contributed by atoms with Crippen molar-refractivity contribution in [3.63, 3.8) is 0 Å². The minimum Gasteiger partial charge on any atom is -0.462 e. The van der Waals surface area contributed by atoms with Crippen LogP contribution in [-0.4, -0.2) is 49.4 Å². The molecule has 1 heterocycles. The number of hydrogen-bond donors (Lipinski definition) is 2. The van der Waals surface area contributed by atoms with Crippen LogP contribution in [0.4, 0.5) is 20.6 Å². The van der Waals surface area contributed by atoms with Crippen molar-refractivity contribution in [2.75, 3.05) is 29.9 Å². The SMILES string of the molecule is CCOC(=O)c1cc(F)c(N2CC[C@H](NC(=O)OC(C)(C)C)C2)c(Cl)c1N[C@@H](C)CC. The molecule has 0 saturated carbocycles. The lowest BCUT2D eigenvalue weighted by Crippen LogP contribution is -2.40. The van der Waals surface area contributed by atoms with Crippen LogP contribution in [0, 0.1) is 5.82 Å². The first kappa shape index (κ1) is 25.0. The third-order valence-corrected chi connectivity index (χ3v) is 5.29. The van der Waals surface area contributed by atoms with Crippen molar-refractivity contribution in [1.82, 2.24) is 5.32 Å². The molecule has 0 aromatic heterocycles. The molecular formula is C22H33ClFN3O4. The molecule has 7 nitrogen and oxygen atoms in total. The lowest BCUT2D eigenvalue weighted by molar-refractivity contribution is 0.0504. The van der Waals surface area contributed by atoms with Crippen molar-refractivity contribution < 1.29 is 23.5 Å². The Hall–Kier alpha value is -2.22. The van der Waals surface area contributed by atoms with E-state index < -0.39 is 23.5 Å². The second-order valence-corrected chi connectivity index (χ2v) is 9.07. The Morgan fingerprint density at radius 1 is 1.35 bits per heavy atom. The lowest BCUT2D eigenvalue weighted by Gasteiger charge is -2.26. The quantitative estimate of drug-likeness (QED) is 0.563. The van der Waals surface area contributed by atoms with Gasteiger partial charge < -0.3 is 25.0 Å². The van der Waals surface area contributed by atoms with Gasteiger partial charge in [-0.2, -0.15) is 0 Å². The summed E-state index contributed by atoms with van der Waals surface area (Å²) in [6.07, 6.45) is 0.891. The van der Waals surface area contributed by atoms with Crippen LogP contribution in [0.25, 0.3) is 0 Å². The number of anilines is 2. The molecule has 1 aliphatic heterocycles. The molecule has 1 amide bonds. The second kappa shape index (κ2) is 10.4. The zero-order valence-corrected chi connectivity index (χ0v) is 19.9. The predicted molar refractivity (Wildman–Crippen MR) is 121 cm³/mol. The number of benzene rings is 1. The van der Waals surface area contributed by atoms with Gasteiger partial charge in [-0.15, -0.1) is 0 Å². The van der Waals surface area contributed by atoms with Crippen molar-refractivity contribution in [2.24, 2.45) is 0 Å². The smallest absolute Gasteiger partial charge is 0.407 e. The van der Waals surface area contributed by atoms with Crippen LogP contribution < -0.4 is 15.5 Å². The molecule has 9 heteroatoms. The molecular weight excluding hydrogens is 425 g/mol. The van der Waals surface area contributed by atoms with E-state index >= 15 is 4.39 Å². The van der Waals surface area contributed by atoms with Crippen LogP contribution in [0.5, 0.6) is 0 Å². The number of carbonyl (C=O) groups is 2. The number of rotatable bonds is 7. The molecule has 0 bridgehead atoms. The molecule has 2 atom stereocenters. The predicted octanol–water partition coefficient (Wildman–Crippen LogP) is 4.97. The minimum atomic E-state index is -0.633. The van der Waals surface area contributed by atoms with Crippen LogP contribution in [0.3, 0.4) is 0 Å². The normalized spacial score (nSPS) is 17.3. The highest BCUT2D eigenvalue weighted by Crippen LogP contribution is 2.40. The summed E-state index contributed by atoms with van der Waals surface area (Å²) in [5.74, 6) is -1.24. The summed E-state index contributed by atoms with van der Waals surface area (Å²) >= 11 is 6.62.